The summed E-state index contributed by atoms with van der Waals surface area (Å²) in [6.07, 6.45) is 2.63. The molecule has 0 atom stereocenters. The van der Waals surface area contributed by atoms with E-state index in [1.165, 1.54) is 24.5 Å². The molecule has 0 aliphatic carbocycles. The van der Waals surface area contributed by atoms with Gasteiger partial charge in [-0.3, -0.25) is 9.82 Å². The van der Waals surface area contributed by atoms with Crippen molar-refractivity contribution in [3.8, 4) is 0 Å². The second kappa shape index (κ2) is 4.75. The van der Waals surface area contributed by atoms with Crippen LogP contribution in [0.3, 0.4) is 0 Å². The second-order valence-corrected chi connectivity index (χ2v) is 5.21. The van der Waals surface area contributed by atoms with Gasteiger partial charge in [0.1, 0.15) is 10.7 Å². The summed E-state index contributed by atoms with van der Waals surface area (Å²) in [5, 5.41) is 6.04. The van der Waals surface area contributed by atoms with Crippen LogP contribution >= 0.6 is 0 Å². The van der Waals surface area contributed by atoms with Gasteiger partial charge in [-0.1, -0.05) is 6.07 Å². The molecular formula is C10H11FN4O2S. The molecule has 0 aliphatic heterocycles. The van der Waals surface area contributed by atoms with Gasteiger partial charge in [0.2, 0.25) is 0 Å². The Morgan fingerprint density at radius 3 is 2.78 bits per heavy atom. The molecule has 4 N–H and O–H groups in total. The monoisotopic (exact) mass is 270 g/mol. The van der Waals surface area contributed by atoms with Crippen molar-refractivity contribution in [3.05, 3.63) is 42.0 Å². The van der Waals surface area contributed by atoms with Gasteiger partial charge in [-0.2, -0.15) is 5.10 Å². The highest BCUT2D eigenvalue weighted by atomic mass is 32.2. The first-order valence-electron chi connectivity index (χ1n) is 5.03. The smallest absolute Gasteiger partial charge is 0.264 e. The first-order valence-corrected chi connectivity index (χ1v) is 6.51. The number of benzene rings is 1. The zero-order valence-electron chi connectivity index (χ0n) is 9.22. The third-order valence-corrected chi connectivity index (χ3v) is 3.69. The molecule has 0 saturated heterocycles. The lowest BCUT2D eigenvalue weighted by Crippen LogP contribution is -2.14. The van der Waals surface area contributed by atoms with Crippen LogP contribution in [0, 0.1) is 5.82 Å². The Bertz CT molecular complexity index is 640. The molecule has 0 saturated carbocycles. The Morgan fingerprint density at radius 1 is 1.44 bits per heavy atom. The van der Waals surface area contributed by atoms with Crippen molar-refractivity contribution >= 4 is 15.7 Å². The minimum Gasteiger partial charge on any atom is -0.326 e. The van der Waals surface area contributed by atoms with Crippen molar-refractivity contribution in [2.75, 3.05) is 4.72 Å². The SMILES string of the molecule is NCc1ccc(S(=O)(=O)Nc2cn[nH]c2)c(F)c1. The molecule has 0 amide bonds. The fourth-order valence-corrected chi connectivity index (χ4v) is 2.50. The number of aromatic amines is 1. The van der Waals surface area contributed by atoms with E-state index >= 15 is 0 Å². The normalized spacial score (nSPS) is 11.4. The maximum Gasteiger partial charge on any atom is 0.264 e. The Labute approximate surface area is 103 Å². The van der Waals surface area contributed by atoms with Gasteiger partial charge in [0.25, 0.3) is 10.0 Å². The molecule has 0 radical (unpaired) electrons. The summed E-state index contributed by atoms with van der Waals surface area (Å²) in [4.78, 5) is -0.430. The lowest BCUT2D eigenvalue weighted by atomic mass is 10.2. The maximum absolute atomic E-state index is 13.7. The number of H-pyrrole nitrogens is 1. The van der Waals surface area contributed by atoms with Crippen molar-refractivity contribution in [3.63, 3.8) is 0 Å². The largest absolute Gasteiger partial charge is 0.326 e. The van der Waals surface area contributed by atoms with Crippen LogP contribution in [0.15, 0.2) is 35.5 Å². The summed E-state index contributed by atoms with van der Waals surface area (Å²) in [6.45, 7) is 0.145. The van der Waals surface area contributed by atoms with Gasteiger partial charge in [-0.15, -0.1) is 0 Å². The number of anilines is 1. The molecular weight excluding hydrogens is 259 g/mol. The lowest BCUT2D eigenvalue weighted by Gasteiger charge is -2.07. The highest BCUT2D eigenvalue weighted by Gasteiger charge is 2.19. The molecule has 0 fully saturated rings. The third-order valence-electron chi connectivity index (χ3n) is 2.27. The summed E-state index contributed by atoms with van der Waals surface area (Å²) < 4.78 is 39.7. The molecule has 1 aromatic carbocycles. The summed E-state index contributed by atoms with van der Waals surface area (Å²) >= 11 is 0. The number of nitrogens with two attached hydrogens (primary N) is 1. The Morgan fingerprint density at radius 2 is 2.22 bits per heavy atom. The first kappa shape index (κ1) is 12.5. The van der Waals surface area contributed by atoms with E-state index in [9.17, 15) is 12.8 Å². The molecule has 8 heteroatoms. The Balaban J connectivity index is 2.35. The fourth-order valence-electron chi connectivity index (χ4n) is 1.41. The van der Waals surface area contributed by atoms with E-state index in [1.54, 1.807) is 0 Å². The molecule has 0 unspecified atom stereocenters. The number of aromatic nitrogens is 2. The molecule has 0 aliphatic rings. The third kappa shape index (κ3) is 2.49. The van der Waals surface area contributed by atoms with Gasteiger partial charge in [0, 0.05) is 12.7 Å². The van der Waals surface area contributed by atoms with E-state index in [1.807, 2.05) is 0 Å². The fraction of sp³-hybridized carbons (Fsp3) is 0.100. The van der Waals surface area contributed by atoms with E-state index in [4.69, 9.17) is 5.73 Å². The quantitative estimate of drug-likeness (QED) is 0.765. The molecule has 1 heterocycles. The van der Waals surface area contributed by atoms with Gasteiger partial charge >= 0.3 is 0 Å². The number of sulfonamides is 1. The standard InChI is InChI=1S/C10H11FN4O2S/c11-9-3-7(4-12)1-2-10(9)18(16,17)15-8-5-13-14-6-8/h1-3,5-6,15H,4,12H2,(H,13,14). The zero-order chi connectivity index (χ0) is 13.2. The number of nitrogens with zero attached hydrogens (tertiary/aromatic N) is 1. The molecule has 0 bridgehead atoms. The molecule has 6 nitrogen and oxygen atoms in total. The predicted molar refractivity (Wildman–Crippen MR) is 63.7 cm³/mol. The number of halogens is 1. The predicted octanol–water partition coefficient (Wildman–Crippen LogP) is 0.808. The van der Waals surface area contributed by atoms with E-state index in [2.05, 4.69) is 14.9 Å². The molecule has 0 spiro atoms. The Kier molecular flexibility index (Phi) is 3.30. The maximum atomic E-state index is 13.7. The summed E-state index contributed by atoms with van der Waals surface area (Å²) in [5.41, 5.74) is 6.10. The molecule has 2 aromatic rings. The van der Waals surface area contributed by atoms with Crippen LogP contribution in [-0.4, -0.2) is 18.6 Å². The van der Waals surface area contributed by atoms with Crippen LogP contribution in [0.5, 0.6) is 0 Å². The minimum atomic E-state index is -3.96. The highest BCUT2D eigenvalue weighted by molar-refractivity contribution is 7.92. The van der Waals surface area contributed by atoms with Crippen molar-refractivity contribution in [2.24, 2.45) is 5.73 Å². The van der Waals surface area contributed by atoms with E-state index in [-0.39, 0.29) is 12.2 Å². The van der Waals surface area contributed by atoms with Crippen LogP contribution in [0.1, 0.15) is 5.56 Å². The number of nitrogens with one attached hydrogen (secondary N) is 2. The van der Waals surface area contributed by atoms with E-state index < -0.39 is 20.7 Å². The molecule has 1 aromatic heterocycles. The highest BCUT2D eigenvalue weighted by Crippen LogP contribution is 2.19. The van der Waals surface area contributed by atoms with Gasteiger partial charge in [0.05, 0.1) is 11.9 Å². The zero-order valence-corrected chi connectivity index (χ0v) is 10.0. The first-order chi connectivity index (χ1) is 8.53. The molecule has 18 heavy (non-hydrogen) atoms. The van der Waals surface area contributed by atoms with Crippen molar-refractivity contribution in [2.45, 2.75) is 11.4 Å². The van der Waals surface area contributed by atoms with Crippen molar-refractivity contribution < 1.29 is 12.8 Å². The van der Waals surface area contributed by atoms with Crippen LogP contribution in [0.2, 0.25) is 0 Å². The van der Waals surface area contributed by atoms with Crippen LogP contribution < -0.4 is 10.5 Å². The van der Waals surface area contributed by atoms with Gasteiger partial charge in [0.15, 0.2) is 0 Å². The second-order valence-electron chi connectivity index (χ2n) is 3.56. The van der Waals surface area contributed by atoms with Gasteiger partial charge in [-0.05, 0) is 17.7 Å². The topological polar surface area (TPSA) is 101 Å². The molecule has 2 rings (SSSR count). The van der Waals surface area contributed by atoms with Crippen LogP contribution in [0.25, 0.3) is 0 Å². The Hall–Kier alpha value is -1.93. The average molecular weight is 270 g/mol. The van der Waals surface area contributed by atoms with Gasteiger partial charge in [-0.25, -0.2) is 12.8 Å². The number of hydrogen-bond acceptors (Lipinski definition) is 4. The molecule has 96 valence electrons. The minimum absolute atomic E-state index is 0.145. The summed E-state index contributed by atoms with van der Waals surface area (Å²) in [5.74, 6) is -0.839. The number of rotatable bonds is 4. The summed E-state index contributed by atoms with van der Waals surface area (Å²) in [7, 11) is -3.96. The van der Waals surface area contributed by atoms with E-state index in [0.29, 0.717) is 5.56 Å². The van der Waals surface area contributed by atoms with Crippen molar-refractivity contribution in [1.29, 1.82) is 0 Å². The van der Waals surface area contributed by atoms with E-state index in [0.717, 1.165) is 6.07 Å². The lowest BCUT2D eigenvalue weighted by molar-refractivity contribution is 0.569. The van der Waals surface area contributed by atoms with Crippen molar-refractivity contribution in [1.82, 2.24) is 10.2 Å². The van der Waals surface area contributed by atoms with Crippen LogP contribution in [-0.2, 0) is 16.6 Å². The average Bonchev–Trinajstić information content (AvgIpc) is 2.80. The number of hydrogen-bond donors (Lipinski definition) is 3. The summed E-state index contributed by atoms with van der Waals surface area (Å²) in [6, 6.07) is 3.75. The van der Waals surface area contributed by atoms with Gasteiger partial charge < -0.3 is 5.73 Å². The van der Waals surface area contributed by atoms with Crippen LogP contribution in [0.4, 0.5) is 10.1 Å².